The number of non-ortho nitro benzene ring substituents is 4. The summed E-state index contributed by atoms with van der Waals surface area (Å²) in [5.74, 6) is 1.94. The Morgan fingerprint density at radius 2 is 0.868 bits per heavy atom. The number of aliphatic imine (C=N–C) groups is 2. The number of esters is 1. The summed E-state index contributed by atoms with van der Waals surface area (Å²) >= 11 is 0. The topological polar surface area (TPSA) is 289 Å². The van der Waals surface area contributed by atoms with Gasteiger partial charge in [0.05, 0.1) is 37.7 Å². The van der Waals surface area contributed by atoms with Crippen molar-refractivity contribution in [1.29, 1.82) is 0 Å². The van der Waals surface area contributed by atoms with Gasteiger partial charge in [-0.3, -0.25) is 40.5 Å². The Morgan fingerprint density at radius 1 is 0.462 bits per heavy atom. The normalized spacial score (nSPS) is 13.7. The number of hydrogen-bond acceptors (Lipinski definition) is 16. The van der Waals surface area contributed by atoms with Crippen LogP contribution < -0.4 is 28.9 Å². The van der Waals surface area contributed by atoms with E-state index in [0.29, 0.717) is 63.7 Å². The first kappa shape index (κ1) is 66.0. The standard InChI is InChI=1S/C34H30N4O8.C34H31N4O6.Zn/c1-6-44-34(39)29-22(5)32(36-33(29)46-26-15-11-24(12-16-26)38(42)43)30(27-17-19(2)7-8-20(27)3)31-21(4)18-28(35-31)45-25-13-9-23(10-14-25)37(40)41;1-7-28-23(6)32(36-34(28)44-27-16-12-25(13-17-27)38(41)42)30(29-18-19(2)8-9-20(29)3)31-21(4)22(5)33(35-31)43-26-14-10-24(11-15-26)37(39)40;/h7-18H,6H2,1-5H3,(H,35,36,39);8-18H,7H2,1-6H3;/q;-1;+2/p-1/b;31-30-;. The van der Waals surface area contributed by atoms with Gasteiger partial charge in [0.15, 0.2) is 0 Å². The molecule has 6 aromatic carbocycles. The number of ether oxygens (including phenoxy) is 5. The SMILES string of the molecule is CCOC(=O)C1=C(C)/C(=C(\c2cc(C)ccc2C)c2[n-]c(Oc3ccc([N+](=O)[O-])cc3)cc2C)N=C1Oc1ccc([N+](=O)[O-])cc1.CCc1c(Oc2ccc([N+](=O)[O-])cc2)[n-]c(/C(=C2\N=C(Oc3ccc([N+](=O)[O-])cc3)C(C)=C2C)c2cc(C)ccc2C)c1C.[Zn+2]. The van der Waals surface area contributed by atoms with Crippen LogP contribution in [0.2, 0.25) is 0 Å². The fraction of sp³-hybridized carbons (Fsp3) is 0.191. The van der Waals surface area contributed by atoms with Crippen molar-refractivity contribution in [2.45, 2.75) is 82.6 Å². The molecular weight excluding hydrogens is 1220 g/mol. The molecule has 0 saturated carbocycles. The largest absolute Gasteiger partial charge is 2.00 e. The van der Waals surface area contributed by atoms with Gasteiger partial charge in [-0.15, -0.1) is 11.4 Å². The molecule has 2 aliphatic heterocycles. The van der Waals surface area contributed by atoms with Crippen LogP contribution in [-0.4, -0.2) is 44.1 Å². The van der Waals surface area contributed by atoms with Crippen LogP contribution in [0.5, 0.6) is 34.8 Å². The van der Waals surface area contributed by atoms with Crippen molar-refractivity contribution in [1.82, 2.24) is 9.97 Å². The van der Waals surface area contributed by atoms with Crippen molar-refractivity contribution in [2.75, 3.05) is 6.61 Å². The summed E-state index contributed by atoms with van der Waals surface area (Å²) in [6.07, 6.45) is 0.655. The summed E-state index contributed by atoms with van der Waals surface area (Å²) in [6, 6.07) is 36.9. The van der Waals surface area contributed by atoms with Gasteiger partial charge in [-0.2, -0.15) is 0 Å². The fourth-order valence-electron chi connectivity index (χ4n) is 10.1. The van der Waals surface area contributed by atoms with Gasteiger partial charge in [0.2, 0.25) is 11.8 Å². The third-order valence-electron chi connectivity index (χ3n) is 15.0. The number of benzene rings is 6. The van der Waals surface area contributed by atoms with Crippen LogP contribution in [0.1, 0.15) is 96.1 Å². The van der Waals surface area contributed by atoms with Gasteiger partial charge in [-0.1, -0.05) is 65.6 Å². The predicted molar refractivity (Wildman–Crippen MR) is 339 cm³/mol. The number of aryl methyl sites for hydroxylation is 5. The fourth-order valence-corrected chi connectivity index (χ4v) is 10.1. The molecule has 91 heavy (non-hydrogen) atoms. The molecule has 23 heteroatoms. The summed E-state index contributed by atoms with van der Waals surface area (Å²) in [5.41, 5.74) is 14.4. The molecular formula is C68H60N8O14Zn. The maximum atomic E-state index is 13.3. The van der Waals surface area contributed by atoms with Gasteiger partial charge in [-0.25, -0.2) is 14.8 Å². The molecule has 0 saturated heterocycles. The molecule has 2 aromatic heterocycles. The summed E-state index contributed by atoms with van der Waals surface area (Å²) in [4.78, 5) is 75.4. The molecule has 0 amide bonds. The molecule has 0 bridgehead atoms. The number of allylic oxidation sites excluding steroid dienone is 2. The third-order valence-corrected chi connectivity index (χ3v) is 15.0. The van der Waals surface area contributed by atoms with Crippen molar-refractivity contribution in [2.24, 2.45) is 9.98 Å². The molecule has 0 atom stereocenters. The van der Waals surface area contributed by atoms with E-state index < -0.39 is 25.7 Å². The van der Waals surface area contributed by atoms with E-state index in [2.05, 4.69) is 18.2 Å². The average molecular weight is 1280 g/mol. The Balaban J connectivity index is 0.000000232. The predicted octanol–water partition coefficient (Wildman–Crippen LogP) is 15.6. The minimum absolute atomic E-state index is 0. The first-order valence-corrected chi connectivity index (χ1v) is 28.3. The van der Waals surface area contributed by atoms with Crippen LogP contribution in [0.25, 0.3) is 11.1 Å². The van der Waals surface area contributed by atoms with E-state index in [1.165, 1.54) is 72.8 Å². The number of hydrogen-bond donors (Lipinski definition) is 0. The van der Waals surface area contributed by atoms with Crippen LogP contribution in [0.3, 0.4) is 0 Å². The zero-order valence-corrected chi connectivity index (χ0v) is 54.7. The quantitative estimate of drug-likeness (QED) is 0.0354. The van der Waals surface area contributed by atoms with E-state index in [-0.39, 0.29) is 71.9 Å². The summed E-state index contributed by atoms with van der Waals surface area (Å²) in [6.45, 7) is 21.4. The second-order valence-electron chi connectivity index (χ2n) is 21.1. The van der Waals surface area contributed by atoms with Gasteiger partial charge < -0.3 is 33.7 Å². The minimum Gasteiger partial charge on any atom is -0.626 e. The molecule has 0 fully saturated rings. The first-order chi connectivity index (χ1) is 42.9. The number of rotatable bonds is 17. The van der Waals surface area contributed by atoms with Gasteiger partial charge in [0, 0.05) is 65.9 Å². The number of nitro benzene ring substituents is 4. The van der Waals surface area contributed by atoms with Crippen molar-refractivity contribution in [3.05, 3.63) is 275 Å². The Kier molecular flexibility index (Phi) is 20.4. The van der Waals surface area contributed by atoms with E-state index in [4.69, 9.17) is 43.6 Å². The monoisotopic (exact) mass is 1280 g/mol. The van der Waals surface area contributed by atoms with Crippen LogP contribution in [0.4, 0.5) is 22.7 Å². The van der Waals surface area contributed by atoms with Crippen LogP contribution in [0, 0.1) is 82.0 Å². The van der Waals surface area contributed by atoms with Crippen LogP contribution in [0.15, 0.2) is 183 Å². The number of nitro groups is 4. The number of aromatic nitrogens is 2. The zero-order valence-electron chi connectivity index (χ0n) is 51.7. The second-order valence-corrected chi connectivity index (χ2v) is 21.1. The molecule has 0 unspecified atom stereocenters. The average Bonchev–Trinajstić information content (AvgIpc) is 1.67. The maximum Gasteiger partial charge on any atom is 2.00 e. The van der Waals surface area contributed by atoms with E-state index in [1.807, 2.05) is 80.5 Å². The van der Waals surface area contributed by atoms with E-state index >= 15 is 0 Å². The van der Waals surface area contributed by atoms with Gasteiger partial charge in [0.25, 0.3) is 22.7 Å². The van der Waals surface area contributed by atoms with Crippen LogP contribution >= 0.6 is 0 Å². The minimum atomic E-state index is -0.634. The van der Waals surface area contributed by atoms with Gasteiger partial charge >= 0.3 is 25.4 Å². The molecule has 0 spiro atoms. The number of carbonyl (C=O) groups is 1. The van der Waals surface area contributed by atoms with Crippen molar-refractivity contribution in [3.8, 4) is 34.8 Å². The molecule has 4 heterocycles. The van der Waals surface area contributed by atoms with Crippen molar-refractivity contribution in [3.63, 3.8) is 0 Å². The van der Waals surface area contributed by atoms with Crippen LogP contribution in [-0.2, 0) is 35.4 Å². The molecule has 2 aliphatic rings. The molecule has 0 aliphatic carbocycles. The molecule has 458 valence electrons. The maximum absolute atomic E-state index is 13.3. The molecule has 8 aromatic rings. The Hall–Kier alpha value is -10.9. The summed E-state index contributed by atoms with van der Waals surface area (Å²) in [5, 5.41) is 44.4. The third kappa shape index (κ3) is 14.5. The molecule has 22 nitrogen and oxygen atoms in total. The summed E-state index contributed by atoms with van der Waals surface area (Å²) < 4.78 is 29.7. The number of nitrogens with zero attached hydrogens (tertiary/aromatic N) is 8. The first-order valence-electron chi connectivity index (χ1n) is 28.3. The summed E-state index contributed by atoms with van der Waals surface area (Å²) in [7, 11) is 0. The number of carbonyl (C=O) groups excluding carboxylic acids is 1. The van der Waals surface area contributed by atoms with E-state index in [9.17, 15) is 45.3 Å². The second kappa shape index (κ2) is 28.1. The van der Waals surface area contributed by atoms with Gasteiger partial charge in [-0.05, 0) is 180 Å². The Bertz CT molecular complexity index is 4400. The smallest absolute Gasteiger partial charge is 0.626 e. The van der Waals surface area contributed by atoms with Crippen molar-refractivity contribution < 1.29 is 67.7 Å². The van der Waals surface area contributed by atoms with E-state index in [0.717, 1.165) is 72.5 Å². The van der Waals surface area contributed by atoms with Gasteiger partial charge in [0.1, 0.15) is 28.6 Å². The molecule has 0 N–H and O–H groups in total. The zero-order chi connectivity index (χ0) is 64.8. The Morgan fingerprint density at radius 3 is 1.31 bits per heavy atom. The van der Waals surface area contributed by atoms with Crippen molar-refractivity contribution >= 4 is 51.7 Å². The molecule has 0 radical (unpaired) electrons. The van der Waals surface area contributed by atoms with E-state index in [1.54, 1.807) is 44.2 Å². The molecule has 10 rings (SSSR count). The Labute approximate surface area is 535 Å².